The Morgan fingerprint density at radius 3 is 2.53 bits per heavy atom. The van der Waals surface area contributed by atoms with Crippen LogP contribution < -0.4 is 5.73 Å². The molecule has 0 bridgehead atoms. The van der Waals surface area contributed by atoms with Gasteiger partial charge in [-0.2, -0.15) is 0 Å². The van der Waals surface area contributed by atoms with E-state index in [1.165, 1.54) is 5.56 Å². The van der Waals surface area contributed by atoms with Crippen molar-refractivity contribution in [2.75, 3.05) is 0 Å². The topological polar surface area (TPSA) is 43.8 Å². The van der Waals surface area contributed by atoms with E-state index in [-0.39, 0.29) is 5.41 Å². The molecule has 2 rings (SSSR count). The maximum Gasteiger partial charge on any atom is 0.136 e. The predicted octanol–water partition coefficient (Wildman–Crippen LogP) is 2.63. The van der Waals surface area contributed by atoms with Gasteiger partial charge in [-0.1, -0.05) is 26.8 Å². The lowest BCUT2D eigenvalue weighted by molar-refractivity contribution is 0.587. The van der Waals surface area contributed by atoms with Crippen molar-refractivity contribution in [1.82, 2.24) is 9.55 Å². The van der Waals surface area contributed by atoms with Crippen molar-refractivity contribution in [3.63, 3.8) is 0 Å². The quantitative estimate of drug-likeness (QED) is 0.860. The SMILES string of the molecule is CC(C)(C)c1ccc(-n2cccc2CN)nc1. The molecule has 2 N–H and O–H groups in total. The van der Waals surface area contributed by atoms with Gasteiger partial charge in [0.2, 0.25) is 0 Å². The number of nitrogens with zero attached hydrogens (tertiary/aromatic N) is 2. The second-order valence-electron chi connectivity index (χ2n) is 5.23. The highest BCUT2D eigenvalue weighted by molar-refractivity contribution is 5.31. The minimum absolute atomic E-state index is 0.138. The summed E-state index contributed by atoms with van der Waals surface area (Å²) >= 11 is 0. The Hall–Kier alpha value is -1.61. The van der Waals surface area contributed by atoms with Crippen LogP contribution in [0.25, 0.3) is 5.82 Å². The molecular formula is C14H19N3. The first kappa shape index (κ1) is 11.9. The maximum atomic E-state index is 5.68. The average Bonchev–Trinajstić information content (AvgIpc) is 2.76. The Labute approximate surface area is 102 Å². The van der Waals surface area contributed by atoms with E-state index in [1.54, 1.807) is 0 Å². The lowest BCUT2D eigenvalue weighted by atomic mass is 9.88. The molecule has 0 saturated heterocycles. The summed E-state index contributed by atoms with van der Waals surface area (Å²) < 4.78 is 2.02. The molecule has 0 aliphatic rings. The normalized spacial score (nSPS) is 11.8. The molecule has 0 unspecified atom stereocenters. The second-order valence-corrected chi connectivity index (χ2v) is 5.23. The fourth-order valence-electron chi connectivity index (χ4n) is 1.78. The van der Waals surface area contributed by atoms with Crippen molar-refractivity contribution in [2.24, 2.45) is 5.73 Å². The Morgan fingerprint density at radius 2 is 2.00 bits per heavy atom. The predicted molar refractivity (Wildman–Crippen MR) is 70.2 cm³/mol. The molecule has 2 aromatic rings. The van der Waals surface area contributed by atoms with Gasteiger partial charge in [0, 0.05) is 24.6 Å². The number of nitrogens with two attached hydrogens (primary N) is 1. The van der Waals surface area contributed by atoms with Crippen LogP contribution >= 0.6 is 0 Å². The molecule has 0 spiro atoms. The Morgan fingerprint density at radius 1 is 1.24 bits per heavy atom. The molecule has 0 atom stereocenters. The molecule has 0 aromatic carbocycles. The molecular weight excluding hydrogens is 210 g/mol. The lowest BCUT2D eigenvalue weighted by Crippen LogP contribution is -2.12. The molecule has 0 fully saturated rings. The highest BCUT2D eigenvalue weighted by Gasteiger charge is 2.14. The zero-order valence-electron chi connectivity index (χ0n) is 10.6. The lowest BCUT2D eigenvalue weighted by Gasteiger charge is -2.18. The summed E-state index contributed by atoms with van der Waals surface area (Å²) in [7, 11) is 0. The largest absolute Gasteiger partial charge is 0.325 e. The fourth-order valence-corrected chi connectivity index (χ4v) is 1.78. The molecule has 3 nitrogen and oxygen atoms in total. The second kappa shape index (κ2) is 4.34. The zero-order valence-corrected chi connectivity index (χ0v) is 10.6. The summed E-state index contributed by atoms with van der Waals surface area (Å²) in [5.41, 5.74) is 8.13. The minimum Gasteiger partial charge on any atom is -0.325 e. The number of hydrogen-bond acceptors (Lipinski definition) is 2. The van der Waals surface area contributed by atoms with Crippen LogP contribution in [0.5, 0.6) is 0 Å². The van der Waals surface area contributed by atoms with Crippen LogP contribution in [0.15, 0.2) is 36.7 Å². The Kier molecular flexibility index (Phi) is 3.03. The first-order valence-corrected chi connectivity index (χ1v) is 5.85. The molecule has 17 heavy (non-hydrogen) atoms. The van der Waals surface area contributed by atoms with Crippen LogP contribution in [0.4, 0.5) is 0 Å². The average molecular weight is 229 g/mol. The van der Waals surface area contributed by atoms with E-state index < -0.39 is 0 Å². The summed E-state index contributed by atoms with van der Waals surface area (Å²) in [6, 6.07) is 8.17. The van der Waals surface area contributed by atoms with Gasteiger partial charge >= 0.3 is 0 Å². The summed E-state index contributed by atoms with van der Waals surface area (Å²) in [6.07, 6.45) is 3.93. The summed E-state index contributed by atoms with van der Waals surface area (Å²) in [4.78, 5) is 4.50. The molecule has 0 aliphatic heterocycles. The molecule has 2 heterocycles. The smallest absolute Gasteiger partial charge is 0.136 e. The zero-order chi connectivity index (χ0) is 12.5. The molecule has 3 heteroatoms. The molecule has 0 radical (unpaired) electrons. The molecule has 90 valence electrons. The molecule has 0 amide bonds. The molecule has 2 aromatic heterocycles. The first-order valence-electron chi connectivity index (χ1n) is 5.85. The van der Waals surface area contributed by atoms with E-state index in [0.717, 1.165) is 11.5 Å². The van der Waals surface area contributed by atoms with Crippen molar-refractivity contribution in [3.05, 3.63) is 47.9 Å². The van der Waals surface area contributed by atoms with Crippen LogP contribution in [0.1, 0.15) is 32.0 Å². The monoisotopic (exact) mass is 229 g/mol. The van der Waals surface area contributed by atoms with E-state index in [9.17, 15) is 0 Å². The van der Waals surface area contributed by atoms with Crippen molar-refractivity contribution in [1.29, 1.82) is 0 Å². The van der Waals surface area contributed by atoms with E-state index in [2.05, 4.69) is 31.8 Å². The Bertz CT molecular complexity index is 489. The molecule has 0 aliphatic carbocycles. The van der Waals surface area contributed by atoms with Gasteiger partial charge in [-0.15, -0.1) is 0 Å². The van der Waals surface area contributed by atoms with E-state index >= 15 is 0 Å². The van der Waals surface area contributed by atoms with Crippen LogP contribution in [-0.4, -0.2) is 9.55 Å². The van der Waals surface area contributed by atoms with Gasteiger partial charge in [0.15, 0.2) is 0 Å². The summed E-state index contributed by atoms with van der Waals surface area (Å²) in [5.74, 6) is 0.920. The standard InChI is InChI=1S/C14H19N3/c1-14(2,3)11-6-7-13(16-10-11)17-8-4-5-12(17)9-15/h4-8,10H,9,15H2,1-3H3. The van der Waals surface area contributed by atoms with Gasteiger partial charge < -0.3 is 10.3 Å². The molecule has 0 saturated carbocycles. The van der Waals surface area contributed by atoms with E-state index in [0.29, 0.717) is 6.54 Å². The van der Waals surface area contributed by atoms with Crippen LogP contribution in [0, 0.1) is 0 Å². The van der Waals surface area contributed by atoms with E-state index in [1.807, 2.05) is 35.2 Å². The number of hydrogen-bond donors (Lipinski definition) is 1. The van der Waals surface area contributed by atoms with Gasteiger partial charge in [0.05, 0.1) is 0 Å². The van der Waals surface area contributed by atoms with Crippen LogP contribution in [0.3, 0.4) is 0 Å². The van der Waals surface area contributed by atoms with Gasteiger partial charge in [-0.05, 0) is 29.2 Å². The maximum absolute atomic E-state index is 5.68. The number of rotatable bonds is 2. The van der Waals surface area contributed by atoms with E-state index in [4.69, 9.17) is 5.73 Å². The number of aromatic nitrogens is 2. The van der Waals surface area contributed by atoms with Gasteiger partial charge in [0.1, 0.15) is 5.82 Å². The van der Waals surface area contributed by atoms with Gasteiger partial charge in [-0.25, -0.2) is 4.98 Å². The highest BCUT2D eigenvalue weighted by atomic mass is 15.1. The van der Waals surface area contributed by atoms with Crippen LogP contribution in [0.2, 0.25) is 0 Å². The Balaban J connectivity index is 2.36. The van der Waals surface area contributed by atoms with Gasteiger partial charge in [-0.3, -0.25) is 0 Å². The third-order valence-corrected chi connectivity index (χ3v) is 2.90. The number of pyridine rings is 1. The van der Waals surface area contributed by atoms with Gasteiger partial charge in [0.25, 0.3) is 0 Å². The van der Waals surface area contributed by atoms with Crippen molar-refractivity contribution in [3.8, 4) is 5.82 Å². The van der Waals surface area contributed by atoms with Crippen molar-refractivity contribution >= 4 is 0 Å². The summed E-state index contributed by atoms with van der Waals surface area (Å²) in [5, 5.41) is 0. The fraction of sp³-hybridized carbons (Fsp3) is 0.357. The van der Waals surface area contributed by atoms with Crippen molar-refractivity contribution in [2.45, 2.75) is 32.7 Å². The van der Waals surface area contributed by atoms with Crippen molar-refractivity contribution < 1.29 is 0 Å². The summed E-state index contributed by atoms with van der Waals surface area (Å²) in [6.45, 7) is 7.08. The minimum atomic E-state index is 0.138. The highest BCUT2D eigenvalue weighted by Crippen LogP contribution is 2.22. The third-order valence-electron chi connectivity index (χ3n) is 2.90. The first-order chi connectivity index (χ1) is 8.02. The van der Waals surface area contributed by atoms with Crippen LogP contribution in [-0.2, 0) is 12.0 Å². The third kappa shape index (κ3) is 2.39.